The highest BCUT2D eigenvalue weighted by molar-refractivity contribution is 5.97. The molecule has 0 aromatic heterocycles. The first kappa shape index (κ1) is 23.1. The highest BCUT2D eigenvalue weighted by atomic mass is 16.6. The number of aliphatic carboxylic acids is 1. The van der Waals surface area contributed by atoms with E-state index in [9.17, 15) is 24.5 Å². The number of nitro benzene ring substituents is 1. The molecule has 0 fully saturated rings. The molecule has 0 bridgehead atoms. The van der Waals surface area contributed by atoms with Crippen molar-refractivity contribution < 1.29 is 24.4 Å². The molecule has 2 amide bonds. The minimum absolute atomic E-state index is 0.0458. The molecular weight excluding hydrogens is 366 g/mol. The van der Waals surface area contributed by atoms with Crippen molar-refractivity contribution in [3.05, 3.63) is 39.4 Å². The fourth-order valence-corrected chi connectivity index (χ4v) is 2.66. The maximum absolute atomic E-state index is 12.3. The zero-order valence-electron chi connectivity index (χ0n) is 16.7. The largest absolute Gasteiger partial charge is 0.480 e. The van der Waals surface area contributed by atoms with E-state index in [4.69, 9.17) is 5.11 Å². The van der Waals surface area contributed by atoms with E-state index < -0.39 is 40.7 Å². The van der Waals surface area contributed by atoms with Gasteiger partial charge >= 0.3 is 5.97 Å². The second-order valence-electron chi connectivity index (χ2n) is 8.01. The molecule has 0 saturated heterocycles. The van der Waals surface area contributed by atoms with Crippen molar-refractivity contribution >= 4 is 23.5 Å². The molecule has 1 atom stereocenters. The standard InChI is InChI=1S/C19H27N3O6/c1-11(2)8-14(18(25)26)21-16(23)10-20-17(24)12-6-7-13(19(3,4)5)15(9-12)22(27)28/h6-7,9,11,14H,8,10H2,1-5H3,(H,20,24)(H,21,23)(H,25,26)/t14-/m0/s1. The van der Waals surface area contributed by atoms with Crippen LogP contribution in [-0.4, -0.2) is 40.4 Å². The summed E-state index contributed by atoms with van der Waals surface area (Å²) >= 11 is 0. The van der Waals surface area contributed by atoms with E-state index in [2.05, 4.69) is 10.6 Å². The number of nitrogens with one attached hydrogen (secondary N) is 2. The summed E-state index contributed by atoms with van der Waals surface area (Å²) in [6, 6.07) is 3.11. The Morgan fingerprint density at radius 2 is 1.82 bits per heavy atom. The van der Waals surface area contributed by atoms with Crippen LogP contribution in [0.15, 0.2) is 18.2 Å². The fraction of sp³-hybridized carbons (Fsp3) is 0.526. The zero-order valence-corrected chi connectivity index (χ0v) is 16.7. The first-order valence-electron chi connectivity index (χ1n) is 8.92. The number of hydrogen-bond acceptors (Lipinski definition) is 5. The van der Waals surface area contributed by atoms with Crippen molar-refractivity contribution in [2.75, 3.05) is 6.54 Å². The minimum Gasteiger partial charge on any atom is -0.480 e. The van der Waals surface area contributed by atoms with Crippen LogP contribution in [0, 0.1) is 16.0 Å². The minimum atomic E-state index is -1.15. The van der Waals surface area contributed by atoms with Gasteiger partial charge in [-0.15, -0.1) is 0 Å². The van der Waals surface area contributed by atoms with Gasteiger partial charge in [0.2, 0.25) is 5.91 Å². The topological polar surface area (TPSA) is 139 Å². The number of carbonyl (C=O) groups is 3. The van der Waals surface area contributed by atoms with E-state index in [-0.39, 0.29) is 23.6 Å². The Hall–Kier alpha value is -2.97. The van der Waals surface area contributed by atoms with Gasteiger partial charge in [0.15, 0.2) is 0 Å². The highest BCUT2D eigenvalue weighted by Gasteiger charge is 2.26. The molecule has 28 heavy (non-hydrogen) atoms. The molecule has 0 aliphatic rings. The predicted octanol–water partition coefficient (Wildman–Crippen LogP) is 2.24. The van der Waals surface area contributed by atoms with E-state index in [1.807, 2.05) is 34.6 Å². The van der Waals surface area contributed by atoms with Crippen LogP contribution in [0.2, 0.25) is 0 Å². The average molecular weight is 393 g/mol. The molecule has 9 nitrogen and oxygen atoms in total. The molecule has 9 heteroatoms. The van der Waals surface area contributed by atoms with Gasteiger partial charge in [0.05, 0.1) is 11.5 Å². The van der Waals surface area contributed by atoms with Gasteiger partial charge in [0, 0.05) is 17.2 Å². The fourth-order valence-electron chi connectivity index (χ4n) is 2.66. The SMILES string of the molecule is CC(C)C[C@H](NC(=O)CNC(=O)c1ccc(C(C)(C)C)c([N+](=O)[O-])c1)C(=O)O. The maximum Gasteiger partial charge on any atom is 0.326 e. The van der Waals surface area contributed by atoms with Gasteiger partial charge in [-0.05, 0) is 23.8 Å². The lowest BCUT2D eigenvalue weighted by molar-refractivity contribution is -0.386. The molecule has 1 rings (SSSR count). The van der Waals surface area contributed by atoms with Gasteiger partial charge in [-0.3, -0.25) is 19.7 Å². The van der Waals surface area contributed by atoms with Gasteiger partial charge < -0.3 is 15.7 Å². The van der Waals surface area contributed by atoms with E-state index >= 15 is 0 Å². The molecule has 0 saturated carbocycles. The van der Waals surface area contributed by atoms with Crippen molar-refractivity contribution in [1.29, 1.82) is 0 Å². The quantitative estimate of drug-likeness (QED) is 0.457. The molecule has 0 spiro atoms. The number of hydrogen-bond donors (Lipinski definition) is 3. The molecule has 0 unspecified atom stereocenters. The van der Waals surface area contributed by atoms with E-state index in [1.165, 1.54) is 18.2 Å². The Morgan fingerprint density at radius 1 is 1.21 bits per heavy atom. The molecule has 3 N–H and O–H groups in total. The Morgan fingerprint density at radius 3 is 2.29 bits per heavy atom. The molecular formula is C19H27N3O6. The van der Waals surface area contributed by atoms with Crippen LogP contribution in [0.3, 0.4) is 0 Å². The van der Waals surface area contributed by atoms with Crippen LogP contribution in [-0.2, 0) is 15.0 Å². The average Bonchev–Trinajstić information content (AvgIpc) is 2.57. The lowest BCUT2D eigenvalue weighted by atomic mass is 9.85. The normalized spacial score (nSPS) is 12.4. The number of carbonyl (C=O) groups excluding carboxylic acids is 2. The summed E-state index contributed by atoms with van der Waals surface area (Å²) in [6.45, 7) is 8.71. The van der Waals surface area contributed by atoms with Gasteiger partial charge in [-0.2, -0.15) is 0 Å². The lowest BCUT2D eigenvalue weighted by Crippen LogP contribution is -2.46. The number of amides is 2. The summed E-state index contributed by atoms with van der Waals surface area (Å²) < 4.78 is 0. The summed E-state index contributed by atoms with van der Waals surface area (Å²) in [7, 11) is 0. The van der Waals surface area contributed by atoms with Crippen molar-refractivity contribution in [2.24, 2.45) is 5.92 Å². The third kappa shape index (κ3) is 6.64. The predicted molar refractivity (Wildman–Crippen MR) is 103 cm³/mol. The highest BCUT2D eigenvalue weighted by Crippen LogP contribution is 2.31. The second-order valence-corrected chi connectivity index (χ2v) is 8.01. The molecule has 0 radical (unpaired) electrons. The van der Waals surface area contributed by atoms with Gasteiger partial charge in [0.1, 0.15) is 6.04 Å². The molecule has 0 heterocycles. The van der Waals surface area contributed by atoms with Crippen LogP contribution < -0.4 is 10.6 Å². The van der Waals surface area contributed by atoms with Crippen LogP contribution >= 0.6 is 0 Å². The van der Waals surface area contributed by atoms with E-state index in [0.29, 0.717) is 5.56 Å². The Bertz CT molecular complexity index is 767. The number of benzene rings is 1. The van der Waals surface area contributed by atoms with Gasteiger partial charge in [-0.1, -0.05) is 40.7 Å². The van der Waals surface area contributed by atoms with Crippen molar-refractivity contribution in [3.8, 4) is 0 Å². The summed E-state index contributed by atoms with van der Waals surface area (Å²) in [5, 5.41) is 25.2. The smallest absolute Gasteiger partial charge is 0.326 e. The number of carboxylic acids is 1. The van der Waals surface area contributed by atoms with Crippen LogP contribution in [0.1, 0.15) is 57.0 Å². The van der Waals surface area contributed by atoms with E-state index in [0.717, 1.165) is 0 Å². The Labute approximate surface area is 163 Å². The number of nitrogens with zero attached hydrogens (tertiary/aromatic N) is 1. The summed E-state index contributed by atoms with van der Waals surface area (Å²) in [6.07, 6.45) is 0.259. The summed E-state index contributed by atoms with van der Waals surface area (Å²) in [4.78, 5) is 46.2. The third-order valence-corrected chi connectivity index (χ3v) is 4.01. The second kappa shape index (κ2) is 9.29. The third-order valence-electron chi connectivity index (χ3n) is 4.01. The number of rotatable bonds is 8. The molecule has 1 aromatic rings. The van der Waals surface area contributed by atoms with Crippen molar-refractivity contribution in [3.63, 3.8) is 0 Å². The Balaban J connectivity index is 2.83. The summed E-state index contributed by atoms with van der Waals surface area (Å²) in [5.74, 6) is -2.39. The van der Waals surface area contributed by atoms with E-state index in [1.54, 1.807) is 0 Å². The van der Waals surface area contributed by atoms with Gasteiger partial charge in [-0.25, -0.2) is 4.79 Å². The first-order chi connectivity index (χ1) is 12.8. The zero-order chi connectivity index (χ0) is 21.6. The van der Waals surface area contributed by atoms with Gasteiger partial charge in [0.25, 0.3) is 11.6 Å². The lowest BCUT2D eigenvalue weighted by Gasteiger charge is -2.19. The summed E-state index contributed by atoms with van der Waals surface area (Å²) in [5.41, 5.74) is -0.110. The first-order valence-corrected chi connectivity index (χ1v) is 8.92. The number of nitro groups is 1. The number of carboxylic acid groups (broad SMARTS) is 1. The molecule has 1 aromatic carbocycles. The van der Waals surface area contributed by atoms with Crippen LogP contribution in [0.5, 0.6) is 0 Å². The molecule has 154 valence electrons. The van der Waals surface area contributed by atoms with Crippen LogP contribution in [0.4, 0.5) is 5.69 Å². The maximum atomic E-state index is 12.3. The molecule has 0 aliphatic carbocycles. The van der Waals surface area contributed by atoms with Crippen molar-refractivity contribution in [1.82, 2.24) is 10.6 Å². The van der Waals surface area contributed by atoms with Crippen LogP contribution in [0.25, 0.3) is 0 Å². The monoisotopic (exact) mass is 393 g/mol. The molecule has 0 aliphatic heterocycles. The Kier molecular flexibility index (Phi) is 7.66. The van der Waals surface area contributed by atoms with Crippen molar-refractivity contribution in [2.45, 2.75) is 52.5 Å².